The SMILES string of the molecule is CCc1cc2c(cc1CC)CC(N(Cc1ccccc1)C[C@H](O)c1ccc(OCc3ccccc3)c3[nH]c(=O)ccc13)C2. The number of aromatic nitrogens is 1. The van der Waals surface area contributed by atoms with Crippen LogP contribution in [0, 0.1) is 0 Å². The van der Waals surface area contributed by atoms with Gasteiger partial charge in [-0.3, -0.25) is 9.69 Å². The minimum Gasteiger partial charge on any atom is -0.487 e. The Labute approximate surface area is 253 Å². The van der Waals surface area contributed by atoms with Gasteiger partial charge in [0.15, 0.2) is 0 Å². The molecule has 4 aromatic carbocycles. The lowest BCUT2D eigenvalue weighted by atomic mass is 9.97. The second kappa shape index (κ2) is 13.0. The average molecular weight is 573 g/mol. The molecule has 2 N–H and O–H groups in total. The van der Waals surface area contributed by atoms with Crippen molar-refractivity contribution in [2.75, 3.05) is 6.54 Å². The van der Waals surface area contributed by atoms with Crippen LogP contribution < -0.4 is 10.3 Å². The molecule has 1 aliphatic carbocycles. The summed E-state index contributed by atoms with van der Waals surface area (Å²) >= 11 is 0. The normalized spacial score (nSPS) is 13.9. The number of hydrogen-bond donors (Lipinski definition) is 2. The number of H-pyrrole nitrogens is 1. The second-order valence-corrected chi connectivity index (χ2v) is 11.6. The lowest BCUT2D eigenvalue weighted by Crippen LogP contribution is -2.38. The number of nitrogens with zero attached hydrogens (tertiary/aromatic N) is 1. The Morgan fingerprint density at radius 2 is 1.47 bits per heavy atom. The van der Waals surface area contributed by atoms with E-state index in [2.05, 4.69) is 60.1 Å². The molecule has 5 heteroatoms. The molecule has 0 bridgehead atoms. The minimum atomic E-state index is -0.749. The van der Waals surface area contributed by atoms with Crippen LogP contribution in [0.4, 0.5) is 0 Å². The lowest BCUT2D eigenvalue weighted by molar-refractivity contribution is 0.0844. The van der Waals surface area contributed by atoms with Gasteiger partial charge in [-0.25, -0.2) is 0 Å². The molecular weight excluding hydrogens is 532 g/mol. The van der Waals surface area contributed by atoms with Gasteiger partial charge in [-0.2, -0.15) is 0 Å². The summed E-state index contributed by atoms with van der Waals surface area (Å²) in [7, 11) is 0. The summed E-state index contributed by atoms with van der Waals surface area (Å²) < 4.78 is 6.15. The van der Waals surface area contributed by atoms with E-state index >= 15 is 0 Å². The maximum atomic E-state index is 12.4. The summed E-state index contributed by atoms with van der Waals surface area (Å²) in [6.07, 6.45) is 3.31. The van der Waals surface area contributed by atoms with Gasteiger partial charge in [0.2, 0.25) is 5.56 Å². The first kappa shape index (κ1) is 28.9. The maximum absolute atomic E-state index is 12.4. The third-order valence-electron chi connectivity index (χ3n) is 8.83. The van der Waals surface area contributed by atoms with Crippen LogP contribution in [0.5, 0.6) is 5.75 Å². The van der Waals surface area contributed by atoms with Crippen molar-refractivity contribution in [2.24, 2.45) is 0 Å². The molecule has 0 radical (unpaired) electrons. The van der Waals surface area contributed by atoms with Crippen molar-refractivity contribution in [3.8, 4) is 5.75 Å². The molecule has 0 spiro atoms. The zero-order valence-corrected chi connectivity index (χ0v) is 25.1. The minimum absolute atomic E-state index is 0.198. The Morgan fingerprint density at radius 3 is 2.09 bits per heavy atom. The number of aliphatic hydroxyl groups excluding tert-OH is 1. The van der Waals surface area contributed by atoms with Gasteiger partial charge in [-0.1, -0.05) is 92.7 Å². The van der Waals surface area contributed by atoms with Gasteiger partial charge in [-0.05, 0) is 76.8 Å². The first-order valence-corrected chi connectivity index (χ1v) is 15.4. The fourth-order valence-electron chi connectivity index (χ4n) is 6.54. The molecule has 1 aromatic heterocycles. The topological polar surface area (TPSA) is 65.6 Å². The molecular formula is C38H40N2O3. The molecule has 0 saturated heterocycles. The van der Waals surface area contributed by atoms with E-state index in [0.717, 1.165) is 48.7 Å². The highest BCUT2D eigenvalue weighted by Crippen LogP contribution is 2.34. The molecule has 0 fully saturated rings. The van der Waals surface area contributed by atoms with Gasteiger partial charge in [0.1, 0.15) is 12.4 Å². The Bertz CT molecular complexity index is 1710. The highest BCUT2D eigenvalue weighted by molar-refractivity contribution is 5.87. The van der Waals surface area contributed by atoms with E-state index in [0.29, 0.717) is 30.5 Å². The number of pyridine rings is 1. The number of benzene rings is 4. The molecule has 1 heterocycles. The number of aryl methyl sites for hydroxylation is 2. The van der Waals surface area contributed by atoms with E-state index in [4.69, 9.17) is 4.74 Å². The van der Waals surface area contributed by atoms with Crippen LogP contribution in [0.15, 0.2) is 102 Å². The molecule has 0 aliphatic heterocycles. The number of hydrogen-bond acceptors (Lipinski definition) is 4. The van der Waals surface area contributed by atoms with Gasteiger partial charge < -0.3 is 14.8 Å². The van der Waals surface area contributed by atoms with Gasteiger partial charge in [0.05, 0.1) is 11.6 Å². The van der Waals surface area contributed by atoms with E-state index in [9.17, 15) is 9.90 Å². The number of nitrogens with one attached hydrogen (secondary N) is 1. The molecule has 220 valence electrons. The van der Waals surface area contributed by atoms with Crippen molar-refractivity contribution in [1.29, 1.82) is 0 Å². The predicted octanol–water partition coefficient (Wildman–Crippen LogP) is 6.93. The van der Waals surface area contributed by atoms with Crippen LogP contribution in [0.25, 0.3) is 10.9 Å². The fourth-order valence-corrected chi connectivity index (χ4v) is 6.54. The number of rotatable bonds is 11. The molecule has 5 nitrogen and oxygen atoms in total. The van der Waals surface area contributed by atoms with Crippen molar-refractivity contribution >= 4 is 10.9 Å². The number of ether oxygens (including phenoxy) is 1. The van der Waals surface area contributed by atoms with Gasteiger partial charge in [0.25, 0.3) is 0 Å². The zero-order valence-electron chi connectivity index (χ0n) is 25.1. The summed E-state index contributed by atoms with van der Waals surface area (Å²) in [5.74, 6) is 0.596. The summed E-state index contributed by atoms with van der Waals surface area (Å²) in [6.45, 7) is 6.10. The van der Waals surface area contributed by atoms with E-state index in [-0.39, 0.29) is 5.56 Å². The van der Waals surface area contributed by atoms with Crippen LogP contribution in [0.1, 0.15) is 58.9 Å². The van der Waals surface area contributed by atoms with E-state index < -0.39 is 6.10 Å². The quantitative estimate of drug-likeness (QED) is 0.180. The van der Waals surface area contributed by atoms with Crippen molar-refractivity contribution in [1.82, 2.24) is 9.88 Å². The first-order valence-electron chi connectivity index (χ1n) is 15.4. The third-order valence-corrected chi connectivity index (χ3v) is 8.83. The van der Waals surface area contributed by atoms with Crippen LogP contribution in [-0.4, -0.2) is 27.6 Å². The van der Waals surface area contributed by atoms with Crippen molar-refractivity contribution in [3.05, 3.63) is 146 Å². The third kappa shape index (κ3) is 6.43. The van der Waals surface area contributed by atoms with E-state index in [1.807, 2.05) is 48.5 Å². The number of aromatic amines is 1. The summed E-state index contributed by atoms with van der Waals surface area (Å²) in [5, 5.41) is 12.6. The van der Waals surface area contributed by atoms with Crippen LogP contribution in [0.2, 0.25) is 0 Å². The standard InChI is InChI=1S/C38H40N2O3/c1-3-28-19-30-21-32(22-31(30)20-29(28)4-2)40(23-26-11-7-5-8-12-26)24-35(41)33-15-17-36(38-34(33)16-18-37(42)39-38)43-25-27-13-9-6-10-14-27/h5-20,32,35,41H,3-4,21-25H2,1-2H3,(H,39,42)/t35-/m0/s1. The number of aliphatic hydroxyl groups is 1. The van der Waals surface area contributed by atoms with Gasteiger partial charge in [-0.15, -0.1) is 0 Å². The average Bonchev–Trinajstić information content (AvgIpc) is 3.46. The van der Waals surface area contributed by atoms with E-state index in [1.54, 1.807) is 6.07 Å². The highest BCUT2D eigenvalue weighted by atomic mass is 16.5. The van der Waals surface area contributed by atoms with Gasteiger partial charge in [0, 0.05) is 30.6 Å². The lowest BCUT2D eigenvalue weighted by Gasteiger charge is -2.31. The molecule has 0 unspecified atom stereocenters. The van der Waals surface area contributed by atoms with Gasteiger partial charge >= 0.3 is 0 Å². The molecule has 43 heavy (non-hydrogen) atoms. The zero-order chi connectivity index (χ0) is 29.8. The molecule has 0 saturated carbocycles. The smallest absolute Gasteiger partial charge is 0.248 e. The summed E-state index contributed by atoms with van der Waals surface area (Å²) in [4.78, 5) is 17.8. The Hall–Kier alpha value is -4.19. The first-order chi connectivity index (χ1) is 21.0. The fraction of sp³-hybridized carbons (Fsp3) is 0.289. The Kier molecular flexibility index (Phi) is 8.73. The molecule has 6 rings (SSSR count). The molecule has 0 amide bonds. The number of fused-ring (bicyclic) bond motifs is 2. The Balaban J connectivity index is 1.29. The van der Waals surface area contributed by atoms with E-state index in [1.165, 1.54) is 33.9 Å². The van der Waals surface area contributed by atoms with Crippen LogP contribution in [-0.2, 0) is 38.8 Å². The Morgan fingerprint density at radius 1 is 0.837 bits per heavy atom. The van der Waals surface area contributed by atoms with Crippen molar-refractivity contribution in [2.45, 2.75) is 64.8 Å². The highest BCUT2D eigenvalue weighted by Gasteiger charge is 2.30. The monoisotopic (exact) mass is 572 g/mol. The van der Waals surface area contributed by atoms with Crippen molar-refractivity contribution < 1.29 is 9.84 Å². The predicted molar refractivity (Wildman–Crippen MR) is 174 cm³/mol. The van der Waals surface area contributed by atoms with Crippen molar-refractivity contribution in [3.63, 3.8) is 0 Å². The molecule has 1 atom stereocenters. The van der Waals surface area contributed by atoms with Crippen LogP contribution >= 0.6 is 0 Å². The van der Waals surface area contributed by atoms with Crippen LogP contribution in [0.3, 0.4) is 0 Å². The largest absolute Gasteiger partial charge is 0.487 e. The molecule has 5 aromatic rings. The summed E-state index contributed by atoms with van der Waals surface area (Å²) in [6, 6.07) is 32.7. The summed E-state index contributed by atoms with van der Waals surface area (Å²) in [5.41, 5.74) is 9.26. The maximum Gasteiger partial charge on any atom is 0.248 e. The molecule has 1 aliphatic rings. The second-order valence-electron chi connectivity index (χ2n) is 11.6.